The van der Waals surface area contributed by atoms with Crippen LogP contribution in [0.3, 0.4) is 0 Å². The van der Waals surface area contributed by atoms with Gasteiger partial charge in [-0.15, -0.1) is 0 Å². The summed E-state index contributed by atoms with van der Waals surface area (Å²) in [4.78, 5) is 21.3. The number of fused-ring (bicyclic) bond motifs is 1. The molecule has 0 radical (unpaired) electrons. The third kappa shape index (κ3) is 6.84. The van der Waals surface area contributed by atoms with Crippen LogP contribution in [-0.2, 0) is 6.54 Å². The highest BCUT2D eigenvalue weighted by Crippen LogP contribution is 2.36. The number of nitrogens with zero attached hydrogens (tertiary/aromatic N) is 4. The Morgan fingerprint density at radius 3 is 2.49 bits per heavy atom. The molecule has 39 heavy (non-hydrogen) atoms. The molecule has 0 aliphatic carbocycles. The zero-order valence-electron chi connectivity index (χ0n) is 21.0. The van der Waals surface area contributed by atoms with E-state index in [2.05, 4.69) is 20.4 Å². The van der Waals surface area contributed by atoms with Gasteiger partial charge in [0, 0.05) is 24.2 Å². The molecular weight excluding hydrogens is 521 g/mol. The van der Waals surface area contributed by atoms with Crippen molar-refractivity contribution in [2.75, 3.05) is 32.7 Å². The number of rotatable bonds is 11. The quantitative estimate of drug-likeness (QED) is 0.284. The van der Waals surface area contributed by atoms with Crippen molar-refractivity contribution in [2.24, 2.45) is 5.73 Å². The highest BCUT2D eigenvalue weighted by atomic mass is 19.4. The molecule has 1 amide bonds. The van der Waals surface area contributed by atoms with E-state index in [0.29, 0.717) is 53.4 Å². The van der Waals surface area contributed by atoms with Gasteiger partial charge >= 0.3 is 6.18 Å². The molecule has 4 rings (SSSR count). The number of carbonyl (C=O) groups is 1. The lowest BCUT2D eigenvalue weighted by Gasteiger charge is -2.12. The van der Waals surface area contributed by atoms with Crippen molar-refractivity contribution < 1.29 is 36.9 Å². The highest BCUT2D eigenvalue weighted by molar-refractivity contribution is 6.04. The van der Waals surface area contributed by atoms with E-state index in [-0.39, 0.29) is 17.3 Å². The summed E-state index contributed by atoms with van der Waals surface area (Å²) in [5, 5.41) is 7.23. The molecule has 0 atom stereocenters. The number of amides is 1. The fraction of sp³-hybridized carbons (Fsp3) is 0.280. The Kier molecular flexibility index (Phi) is 8.34. The van der Waals surface area contributed by atoms with Gasteiger partial charge in [-0.2, -0.15) is 18.3 Å². The first-order valence-corrected chi connectivity index (χ1v) is 11.6. The van der Waals surface area contributed by atoms with Crippen molar-refractivity contribution in [1.82, 2.24) is 19.7 Å². The summed E-state index contributed by atoms with van der Waals surface area (Å²) in [6.07, 6.45) is 0.115. The fourth-order valence-electron chi connectivity index (χ4n) is 3.55. The van der Waals surface area contributed by atoms with Crippen molar-refractivity contribution in [3.8, 4) is 28.7 Å². The van der Waals surface area contributed by atoms with E-state index in [1.807, 2.05) is 0 Å². The summed E-state index contributed by atoms with van der Waals surface area (Å²) < 4.78 is 60.8. The number of aryl methyl sites for hydroxylation is 1. The molecular formula is C25H25F3N6O5. The minimum Gasteiger partial charge on any atom is -0.493 e. The zero-order valence-corrected chi connectivity index (χ0v) is 21.0. The van der Waals surface area contributed by atoms with Crippen LogP contribution in [0.4, 0.5) is 19.0 Å². The first-order valence-electron chi connectivity index (χ1n) is 11.6. The average molecular weight is 547 g/mol. The van der Waals surface area contributed by atoms with E-state index in [9.17, 15) is 18.0 Å². The Labute approximate surface area is 220 Å². The molecule has 0 fully saturated rings. The van der Waals surface area contributed by atoms with Gasteiger partial charge in [0.05, 0.1) is 32.1 Å². The molecule has 0 bridgehead atoms. The van der Waals surface area contributed by atoms with Crippen LogP contribution in [0.2, 0.25) is 0 Å². The van der Waals surface area contributed by atoms with Crippen molar-refractivity contribution >= 4 is 22.6 Å². The van der Waals surface area contributed by atoms with Crippen LogP contribution >= 0.6 is 0 Å². The maximum absolute atomic E-state index is 12.8. The summed E-state index contributed by atoms with van der Waals surface area (Å²) in [6, 6.07) is 8.18. The summed E-state index contributed by atoms with van der Waals surface area (Å²) in [7, 11) is 3.05. The molecule has 3 heterocycles. The Hall–Kier alpha value is -4.59. The molecule has 11 nitrogen and oxygen atoms in total. The number of anilines is 1. The number of methoxy groups -OCH3 is 2. The molecule has 4 aromatic rings. The monoisotopic (exact) mass is 546 g/mol. The molecule has 14 heteroatoms. The predicted octanol–water partition coefficient (Wildman–Crippen LogP) is 4.18. The lowest BCUT2D eigenvalue weighted by Crippen LogP contribution is -2.21. The number of halogens is 3. The van der Waals surface area contributed by atoms with Crippen LogP contribution in [0, 0.1) is 0 Å². The van der Waals surface area contributed by atoms with E-state index >= 15 is 0 Å². The van der Waals surface area contributed by atoms with Gasteiger partial charge in [0.2, 0.25) is 0 Å². The van der Waals surface area contributed by atoms with E-state index in [1.165, 1.54) is 37.4 Å². The molecule has 3 N–H and O–H groups in total. The van der Waals surface area contributed by atoms with Gasteiger partial charge in [-0.25, -0.2) is 4.98 Å². The maximum atomic E-state index is 12.8. The van der Waals surface area contributed by atoms with Crippen LogP contribution in [0.5, 0.6) is 28.7 Å². The molecule has 0 unspecified atom stereocenters. The van der Waals surface area contributed by atoms with Gasteiger partial charge in [-0.3, -0.25) is 14.5 Å². The molecule has 0 aliphatic heterocycles. The molecule has 0 spiro atoms. The second-order valence-electron chi connectivity index (χ2n) is 8.12. The SMILES string of the molecule is COc1cc2nccc(Oc3ccc(NC(=O)c4nn(CCCN)cc4OCC(F)(F)F)nc3)c2cc1OC. The number of aromatic nitrogens is 4. The molecule has 0 saturated carbocycles. The summed E-state index contributed by atoms with van der Waals surface area (Å²) in [5.74, 6) is 0.885. The standard InChI is InChI=1S/C25H25F3N6O5/c1-36-19-10-16-17(11-20(19)37-2)30-8-6-18(16)39-15-4-5-22(31-12-15)32-24(35)23-21(38-14-25(26,27)28)13-34(33-23)9-3-7-29/h4-6,8,10-13H,3,7,9,14,29H2,1-2H3,(H,31,32,35). The second-order valence-corrected chi connectivity index (χ2v) is 8.12. The Balaban J connectivity index is 1.50. The Morgan fingerprint density at radius 1 is 1.05 bits per heavy atom. The normalized spacial score (nSPS) is 11.3. The van der Waals surface area contributed by atoms with Gasteiger partial charge in [-0.05, 0) is 37.2 Å². The van der Waals surface area contributed by atoms with E-state index in [0.717, 1.165) is 0 Å². The first-order chi connectivity index (χ1) is 18.7. The minimum absolute atomic E-state index is 0.122. The number of pyridine rings is 2. The zero-order chi connectivity index (χ0) is 28.0. The van der Waals surface area contributed by atoms with Gasteiger partial charge in [-0.1, -0.05) is 0 Å². The van der Waals surface area contributed by atoms with Crippen LogP contribution < -0.4 is 30.0 Å². The van der Waals surface area contributed by atoms with Crippen molar-refractivity contribution in [2.45, 2.75) is 19.1 Å². The molecule has 3 aromatic heterocycles. The summed E-state index contributed by atoms with van der Waals surface area (Å²) in [5.41, 5.74) is 5.79. The van der Waals surface area contributed by atoms with Crippen LogP contribution in [0.1, 0.15) is 16.9 Å². The van der Waals surface area contributed by atoms with Crippen molar-refractivity contribution in [3.63, 3.8) is 0 Å². The number of hydrogen-bond donors (Lipinski definition) is 2. The van der Waals surface area contributed by atoms with Gasteiger partial charge in [0.15, 0.2) is 29.5 Å². The van der Waals surface area contributed by atoms with E-state index < -0.39 is 18.7 Å². The van der Waals surface area contributed by atoms with Gasteiger partial charge < -0.3 is 30.0 Å². The lowest BCUT2D eigenvalue weighted by molar-refractivity contribution is -0.153. The van der Waals surface area contributed by atoms with Gasteiger partial charge in [0.25, 0.3) is 5.91 Å². The fourth-order valence-corrected chi connectivity index (χ4v) is 3.55. The largest absolute Gasteiger partial charge is 0.493 e. The van der Waals surface area contributed by atoms with Crippen LogP contribution in [-0.4, -0.2) is 59.2 Å². The molecule has 0 saturated heterocycles. The highest BCUT2D eigenvalue weighted by Gasteiger charge is 2.30. The Bertz CT molecular complexity index is 1440. The molecule has 0 aliphatic rings. The van der Waals surface area contributed by atoms with E-state index in [4.69, 9.17) is 24.7 Å². The number of carbonyl (C=O) groups excluding carboxylic acids is 1. The topological polar surface area (TPSA) is 136 Å². The lowest BCUT2D eigenvalue weighted by atomic mass is 10.2. The van der Waals surface area contributed by atoms with E-state index in [1.54, 1.807) is 30.5 Å². The Morgan fingerprint density at radius 2 is 1.82 bits per heavy atom. The van der Waals surface area contributed by atoms with Crippen LogP contribution in [0.25, 0.3) is 10.9 Å². The summed E-state index contributed by atoms with van der Waals surface area (Å²) >= 11 is 0. The number of nitrogens with two attached hydrogens (primary N) is 1. The van der Waals surface area contributed by atoms with Gasteiger partial charge in [0.1, 0.15) is 17.3 Å². The number of ether oxygens (including phenoxy) is 4. The maximum Gasteiger partial charge on any atom is 0.422 e. The predicted molar refractivity (Wildman–Crippen MR) is 135 cm³/mol. The number of nitrogens with one attached hydrogen (secondary N) is 1. The van der Waals surface area contributed by atoms with Crippen LogP contribution in [0.15, 0.2) is 48.9 Å². The third-order valence-electron chi connectivity index (χ3n) is 5.34. The molecule has 206 valence electrons. The smallest absolute Gasteiger partial charge is 0.422 e. The number of hydrogen-bond acceptors (Lipinski definition) is 9. The first kappa shape index (κ1) is 27.4. The summed E-state index contributed by atoms with van der Waals surface area (Å²) in [6.45, 7) is -0.920. The number of benzene rings is 1. The minimum atomic E-state index is -4.58. The molecule has 1 aromatic carbocycles. The average Bonchev–Trinajstić information content (AvgIpc) is 3.34. The third-order valence-corrected chi connectivity index (χ3v) is 5.34. The second kappa shape index (κ2) is 11.9. The number of alkyl halides is 3. The van der Waals surface area contributed by atoms with Crippen molar-refractivity contribution in [1.29, 1.82) is 0 Å². The van der Waals surface area contributed by atoms with Crippen molar-refractivity contribution in [3.05, 3.63) is 54.6 Å².